The summed E-state index contributed by atoms with van der Waals surface area (Å²) in [6.45, 7) is 3.94. The lowest BCUT2D eigenvalue weighted by molar-refractivity contribution is 0.0361. The predicted octanol–water partition coefficient (Wildman–Crippen LogP) is 3.15. The minimum atomic E-state index is 0.0666. The number of rotatable bonds is 3. The molecular weight excluding hydrogens is 176 g/mol. The van der Waals surface area contributed by atoms with E-state index in [2.05, 4.69) is 6.58 Å². The summed E-state index contributed by atoms with van der Waals surface area (Å²) in [5.41, 5.74) is 0. The fraction of sp³-hybridized carbons (Fsp3) is 0.667. The topological polar surface area (TPSA) is 18.5 Å². The Bertz CT molecular complexity index is 218. The predicted molar refractivity (Wildman–Crippen MR) is 55.7 cm³/mol. The second kappa shape index (κ2) is 4.54. The monoisotopic (exact) mass is 194 g/mol. The molecule has 1 atom stereocenters. The minimum Gasteiger partial charge on any atom is -0.491 e. The summed E-state index contributed by atoms with van der Waals surface area (Å²) in [7, 11) is 0. The Hall–Kier alpha value is -0.920. The Morgan fingerprint density at radius 2 is 2.07 bits per heavy atom. The molecule has 1 saturated carbocycles. The van der Waals surface area contributed by atoms with Crippen molar-refractivity contribution in [2.45, 2.75) is 50.7 Å². The zero-order valence-corrected chi connectivity index (χ0v) is 8.58. The van der Waals surface area contributed by atoms with Crippen LogP contribution in [0.25, 0.3) is 0 Å². The van der Waals surface area contributed by atoms with Crippen LogP contribution in [-0.2, 0) is 9.47 Å². The molecule has 1 aliphatic heterocycles. The van der Waals surface area contributed by atoms with Crippen LogP contribution in [0.2, 0.25) is 0 Å². The van der Waals surface area contributed by atoms with Gasteiger partial charge in [0, 0.05) is 6.42 Å². The van der Waals surface area contributed by atoms with Crippen molar-refractivity contribution >= 4 is 0 Å². The van der Waals surface area contributed by atoms with Gasteiger partial charge in [-0.05, 0) is 31.8 Å². The Kier molecular flexibility index (Phi) is 3.12. The third kappa shape index (κ3) is 2.31. The highest BCUT2D eigenvalue weighted by molar-refractivity contribution is 5.02. The smallest absolute Gasteiger partial charge is 0.157 e. The molecule has 0 bridgehead atoms. The second-order valence-corrected chi connectivity index (χ2v) is 4.08. The molecule has 1 heterocycles. The Morgan fingerprint density at radius 3 is 2.71 bits per heavy atom. The summed E-state index contributed by atoms with van der Waals surface area (Å²) < 4.78 is 11.2. The zero-order chi connectivity index (χ0) is 9.80. The molecule has 2 rings (SSSR count). The second-order valence-electron chi connectivity index (χ2n) is 4.08. The average molecular weight is 194 g/mol. The maximum atomic E-state index is 5.82. The summed E-state index contributed by atoms with van der Waals surface area (Å²) in [4.78, 5) is 0. The van der Waals surface area contributed by atoms with Crippen LogP contribution in [0.15, 0.2) is 24.7 Å². The Labute approximate surface area is 85.6 Å². The average Bonchev–Trinajstić information content (AvgIpc) is 2.72. The van der Waals surface area contributed by atoms with E-state index < -0.39 is 0 Å². The van der Waals surface area contributed by atoms with E-state index in [1.807, 2.05) is 6.08 Å². The van der Waals surface area contributed by atoms with Crippen molar-refractivity contribution in [3.05, 3.63) is 24.7 Å². The molecule has 0 radical (unpaired) electrons. The maximum absolute atomic E-state index is 5.82. The van der Waals surface area contributed by atoms with Gasteiger partial charge in [0.25, 0.3) is 0 Å². The van der Waals surface area contributed by atoms with Gasteiger partial charge in [0.15, 0.2) is 6.10 Å². The van der Waals surface area contributed by atoms with Gasteiger partial charge in [0.1, 0.15) is 5.76 Å². The van der Waals surface area contributed by atoms with E-state index in [-0.39, 0.29) is 6.10 Å². The van der Waals surface area contributed by atoms with Gasteiger partial charge in [-0.25, -0.2) is 0 Å². The number of hydrogen-bond donors (Lipinski definition) is 0. The van der Waals surface area contributed by atoms with Gasteiger partial charge < -0.3 is 9.47 Å². The molecule has 0 aromatic carbocycles. The van der Waals surface area contributed by atoms with Crippen LogP contribution in [0.1, 0.15) is 38.5 Å². The largest absolute Gasteiger partial charge is 0.491 e. The van der Waals surface area contributed by atoms with E-state index in [4.69, 9.17) is 9.47 Å². The fourth-order valence-electron chi connectivity index (χ4n) is 2.07. The molecule has 2 heteroatoms. The Balaban J connectivity index is 1.75. The molecule has 2 nitrogen and oxygen atoms in total. The first kappa shape index (κ1) is 9.63. The number of hydrogen-bond acceptors (Lipinski definition) is 2. The van der Waals surface area contributed by atoms with Crippen LogP contribution in [0.5, 0.6) is 0 Å². The van der Waals surface area contributed by atoms with Gasteiger partial charge in [-0.2, -0.15) is 0 Å². The van der Waals surface area contributed by atoms with Crippen molar-refractivity contribution in [3.63, 3.8) is 0 Å². The van der Waals surface area contributed by atoms with Gasteiger partial charge in [-0.15, -0.1) is 0 Å². The van der Waals surface area contributed by atoms with E-state index in [1.165, 1.54) is 32.1 Å². The Morgan fingerprint density at radius 1 is 1.29 bits per heavy atom. The zero-order valence-electron chi connectivity index (χ0n) is 8.58. The molecule has 0 spiro atoms. The molecule has 0 aromatic heterocycles. The highest BCUT2D eigenvalue weighted by Crippen LogP contribution is 2.25. The van der Waals surface area contributed by atoms with Crippen molar-refractivity contribution in [3.8, 4) is 0 Å². The molecule has 0 aromatic rings. The SMILES string of the molecule is C=C(OC1CCCCC1)C1CC=CO1. The van der Waals surface area contributed by atoms with Crippen molar-refractivity contribution < 1.29 is 9.47 Å². The third-order valence-electron chi connectivity index (χ3n) is 2.92. The highest BCUT2D eigenvalue weighted by Gasteiger charge is 2.21. The van der Waals surface area contributed by atoms with Gasteiger partial charge in [0.05, 0.1) is 12.4 Å². The summed E-state index contributed by atoms with van der Waals surface area (Å²) >= 11 is 0. The molecule has 78 valence electrons. The van der Waals surface area contributed by atoms with Crippen LogP contribution in [0.4, 0.5) is 0 Å². The maximum Gasteiger partial charge on any atom is 0.157 e. The van der Waals surface area contributed by atoms with E-state index in [0.29, 0.717) is 6.10 Å². The molecule has 0 N–H and O–H groups in total. The lowest BCUT2D eigenvalue weighted by Gasteiger charge is -2.25. The summed E-state index contributed by atoms with van der Waals surface area (Å²) in [5.74, 6) is 0.807. The first-order valence-electron chi connectivity index (χ1n) is 5.52. The van der Waals surface area contributed by atoms with E-state index in [1.54, 1.807) is 6.26 Å². The third-order valence-corrected chi connectivity index (χ3v) is 2.92. The van der Waals surface area contributed by atoms with Gasteiger partial charge >= 0.3 is 0 Å². The van der Waals surface area contributed by atoms with E-state index in [9.17, 15) is 0 Å². The lowest BCUT2D eigenvalue weighted by Crippen LogP contribution is -2.20. The standard InChI is InChI=1S/C12H18O2/c1-10(12-8-5-9-13-12)14-11-6-3-2-4-7-11/h5,9,11-12H,1-4,6-8H2. The van der Waals surface area contributed by atoms with Crippen LogP contribution in [-0.4, -0.2) is 12.2 Å². The van der Waals surface area contributed by atoms with Crippen LogP contribution in [0, 0.1) is 0 Å². The number of ether oxygens (including phenoxy) is 2. The highest BCUT2D eigenvalue weighted by atomic mass is 16.5. The van der Waals surface area contributed by atoms with Crippen LogP contribution < -0.4 is 0 Å². The van der Waals surface area contributed by atoms with Crippen molar-refractivity contribution in [1.82, 2.24) is 0 Å². The molecule has 2 aliphatic rings. The fourth-order valence-corrected chi connectivity index (χ4v) is 2.07. The lowest BCUT2D eigenvalue weighted by atomic mass is 9.98. The quantitative estimate of drug-likeness (QED) is 0.642. The summed E-state index contributed by atoms with van der Waals surface area (Å²) in [6, 6.07) is 0. The van der Waals surface area contributed by atoms with Crippen LogP contribution in [0.3, 0.4) is 0 Å². The van der Waals surface area contributed by atoms with Gasteiger partial charge in [-0.3, -0.25) is 0 Å². The molecule has 1 fully saturated rings. The molecular formula is C12H18O2. The minimum absolute atomic E-state index is 0.0666. The summed E-state index contributed by atoms with van der Waals surface area (Å²) in [6.07, 6.45) is 11.4. The van der Waals surface area contributed by atoms with E-state index >= 15 is 0 Å². The van der Waals surface area contributed by atoms with Crippen molar-refractivity contribution in [2.24, 2.45) is 0 Å². The molecule has 0 saturated heterocycles. The normalized spacial score (nSPS) is 27.3. The molecule has 1 aliphatic carbocycles. The van der Waals surface area contributed by atoms with Gasteiger partial charge in [0.2, 0.25) is 0 Å². The molecule has 1 unspecified atom stereocenters. The van der Waals surface area contributed by atoms with Gasteiger partial charge in [-0.1, -0.05) is 13.0 Å². The molecule has 0 amide bonds. The molecule has 14 heavy (non-hydrogen) atoms. The first-order valence-corrected chi connectivity index (χ1v) is 5.52. The first-order chi connectivity index (χ1) is 6.86. The summed E-state index contributed by atoms with van der Waals surface area (Å²) in [5, 5.41) is 0. The van der Waals surface area contributed by atoms with Crippen LogP contribution >= 0.6 is 0 Å². The van der Waals surface area contributed by atoms with E-state index in [0.717, 1.165) is 12.2 Å². The van der Waals surface area contributed by atoms with Crippen molar-refractivity contribution in [2.75, 3.05) is 0 Å². The van der Waals surface area contributed by atoms with Crippen molar-refractivity contribution in [1.29, 1.82) is 0 Å².